The number of hydrogen-bond acceptors (Lipinski definition) is 6. The molecule has 1 N–H and O–H groups in total. The van der Waals surface area contributed by atoms with E-state index in [4.69, 9.17) is 4.74 Å². The summed E-state index contributed by atoms with van der Waals surface area (Å²) in [5.41, 5.74) is -1.80. The smallest absolute Gasteiger partial charge is 0.411 e. The Morgan fingerprint density at radius 1 is 1.39 bits per heavy atom. The van der Waals surface area contributed by atoms with Gasteiger partial charge in [-0.05, 0) is 33.6 Å². The maximum Gasteiger partial charge on any atom is 0.411 e. The van der Waals surface area contributed by atoms with Crippen molar-refractivity contribution in [2.75, 3.05) is 20.2 Å². The average Bonchev–Trinajstić information content (AvgIpc) is 2.95. The Labute approximate surface area is 135 Å². The maximum atomic E-state index is 12.8. The molecule has 0 aliphatic carbocycles. The van der Waals surface area contributed by atoms with Gasteiger partial charge < -0.3 is 19.5 Å². The second-order valence-corrected chi connectivity index (χ2v) is 6.96. The van der Waals surface area contributed by atoms with Gasteiger partial charge >= 0.3 is 12.1 Å². The van der Waals surface area contributed by atoms with Gasteiger partial charge in [-0.25, -0.2) is 4.79 Å². The molecule has 0 unspecified atom stereocenters. The molecule has 2 aliphatic rings. The van der Waals surface area contributed by atoms with Crippen LogP contribution in [0.25, 0.3) is 0 Å². The predicted molar refractivity (Wildman–Crippen MR) is 79.3 cm³/mol. The summed E-state index contributed by atoms with van der Waals surface area (Å²) in [5, 5.41) is 10.2. The van der Waals surface area contributed by atoms with Gasteiger partial charge in [-0.15, -0.1) is 0 Å². The van der Waals surface area contributed by atoms with E-state index >= 15 is 0 Å². The fourth-order valence-electron chi connectivity index (χ4n) is 3.18. The van der Waals surface area contributed by atoms with Crippen molar-refractivity contribution in [2.24, 2.45) is 0 Å². The average molecular weight is 328 g/mol. The molecule has 0 aromatic heterocycles. The Hall–Kier alpha value is -1.83. The van der Waals surface area contributed by atoms with Gasteiger partial charge in [0, 0.05) is 13.0 Å². The molecule has 8 nitrogen and oxygen atoms in total. The minimum absolute atomic E-state index is 0.0715. The normalized spacial score (nSPS) is 27.7. The van der Waals surface area contributed by atoms with Gasteiger partial charge in [-0.1, -0.05) is 0 Å². The monoisotopic (exact) mass is 328 g/mol. The lowest BCUT2D eigenvalue weighted by Gasteiger charge is -2.34. The Bertz CT molecular complexity index is 515. The number of amides is 2. The number of ether oxygens (including phenoxy) is 2. The van der Waals surface area contributed by atoms with E-state index in [9.17, 15) is 19.5 Å². The lowest BCUT2D eigenvalue weighted by atomic mass is 9.94. The van der Waals surface area contributed by atoms with Crippen LogP contribution in [0.4, 0.5) is 4.79 Å². The molecule has 2 amide bonds. The van der Waals surface area contributed by atoms with Gasteiger partial charge in [0.1, 0.15) is 23.9 Å². The van der Waals surface area contributed by atoms with Crippen LogP contribution in [0, 0.1) is 0 Å². The first-order valence-electron chi connectivity index (χ1n) is 7.67. The molecular weight excluding hydrogens is 304 g/mol. The fraction of sp³-hybridized carbons (Fsp3) is 0.800. The van der Waals surface area contributed by atoms with Gasteiger partial charge in [-0.2, -0.15) is 0 Å². The van der Waals surface area contributed by atoms with Crippen molar-refractivity contribution in [3.63, 3.8) is 0 Å². The van der Waals surface area contributed by atoms with Crippen molar-refractivity contribution >= 4 is 18.0 Å². The number of carbonyl (C=O) groups excluding carboxylic acids is 3. The number of rotatable bonds is 2. The van der Waals surface area contributed by atoms with Crippen LogP contribution in [0.5, 0.6) is 0 Å². The zero-order chi connectivity index (χ0) is 17.4. The second kappa shape index (κ2) is 5.99. The van der Waals surface area contributed by atoms with E-state index < -0.39 is 35.3 Å². The second-order valence-electron chi connectivity index (χ2n) is 6.96. The minimum Gasteiger partial charge on any atom is -0.468 e. The highest BCUT2D eigenvalue weighted by Crippen LogP contribution is 2.41. The van der Waals surface area contributed by atoms with Crippen LogP contribution in [0.1, 0.15) is 40.0 Å². The first-order chi connectivity index (χ1) is 10.6. The molecule has 2 rings (SSSR count). The van der Waals surface area contributed by atoms with E-state index in [1.807, 2.05) is 0 Å². The fourth-order valence-corrected chi connectivity index (χ4v) is 3.18. The molecule has 2 fully saturated rings. The van der Waals surface area contributed by atoms with Crippen molar-refractivity contribution in [2.45, 2.75) is 57.4 Å². The van der Waals surface area contributed by atoms with Gasteiger partial charge in [-0.3, -0.25) is 14.5 Å². The van der Waals surface area contributed by atoms with E-state index in [1.165, 1.54) is 12.0 Å². The summed E-state index contributed by atoms with van der Waals surface area (Å²) in [6.45, 7) is 5.31. The zero-order valence-electron chi connectivity index (χ0n) is 14.0. The number of methoxy groups -OCH3 is 1. The highest BCUT2D eigenvalue weighted by Gasteiger charge is 2.59. The van der Waals surface area contributed by atoms with Gasteiger partial charge in [0.15, 0.2) is 0 Å². The number of nitrogens with zero attached hydrogens (tertiary/aromatic N) is 2. The number of likely N-dealkylation sites (tertiary alicyclic amines) is 2. The number of aliphatic hydroxyl groups is 1. The quantitative estimate of drug-likeness (QED) is 0.741. The van der Waals surface area contributed by atoms with Crippen LogP contribution in [-0.2, 0) is 19.1 Å². The molecule has 0 saturated carbocycles. The number of aliphatic hydroxyl groups excluding tert-OH is 1. The van der Waals surface area contributed by atoms with Gasteiger partial charge in [0.25, 0.3) is 5.91 Å². The molecule has 0 bridgehead atoms. The highest BCUT2D eigenvalue weighted by atomic mass is 16.6. The van der Waals surface area contributed by atoms with Crippen LogP contribution in [-0.4, -0.2) is 70.4 Å². The Balaban J connectivity index is 2.21. The van der Waals surface area contributed by atoms with Crippen LogP contribution in [0.15, 0.2) is 0 Å². The Morgan fingerprint density at radius 2 is 2.04 bits per heavy atom. The standard InChI is InChI=1S/C15H24N2O6/c1-14(2,3)23-13(21)17-7-5-6-15(17)8-10(18)16(12(15)20)9-11(19)22-4/h10,18H,5-9H2,1-4H3/t10-,15+/m0/s1. The summed E-state index contributed by atoms with van der Waals surface area (Å²) >= 11 is 0. The maximum absolute atomic E-state index is 12.8. The SMILES string of the molecule is COC(=O)CN1C(=O)[C@@]2(CCCN2C(=O)OC(C)(C)C)C[C@@H]1O. The van der Waals surface area contributed by atoms with E-state index in [0.717, 1.165) is 4.90 Å². The Kier molecular flexibility index (Phi) is 4.57. The van der Waals surface area contributed by atoms with E-state index in [0.29, 0.717) is 19.4 Å². The molecule has 8 heteroatoms. The molecule has 2 saturated heterocycles. The molecule has 0 radical (unpaired) electrons. The molecule has 130 valence electrons. The Morgan fingerprint density at radius 3 is 2.61 bits per heavy atom. The van der Waals surface area contributed by atoms with Crippen molar-refractivity contribution in [1.29, 1.82) is 0 Å². The van der Waals surface area contributed by atoms with Gasteiger partial charge in [0.2, 0.25) is 0 Å². The lowest BCUT2D eigenvalue weighted by molar-refractivity contribution is -0.151. The summed E-state index contributed by atoms with van der Waals surface area (Å²) in [6.07, 6.45) is -0.536. The molecule has 0 aromatic rings. The highest BCUT2D eigenvalue weighted by molar-refractivity contribution is 5.94. The predicted octanol–water partition coefficient (Wildman–Crippen LogP) is 0.480. The number of hydrogen-bond donors (Lipinski definition) is 1. The summed E-state index contributed by atoms with van der Waals surface area (Å²) < 4.78 is 9.92. The van der Waals surface area contributed by atoms with Crippen LogP contribution in [0.2, 0.25) is 0 Å². The van der Waals surface area contributed by atoms with Gasteiger partial charge in [0.05, 0.1) is 7.11 Å². The number of carbonyl (C=O) groups is 3. The first kappa shape index (κ1) is 17.5. The molecule has 2 heterocycles. The topological polar surface area (TPSA) is 96.4 Å². The third-order valence-corrected chi connectivity index (χ3v) is 4.17. The van der Waals surface area contributed by atoms with Crippen molar-refractivity contribution in [1.82, 2.24) is 9.80 Å². The largest absolute Gasteiger partial charge is 0.468 e. The molecule has 1 spiro atoms. The van der Waals surface area contributed by atoms with Crippen molar-refractivity contribution in [3.05, 3.63) is 0 Å². The third kappa shape index (κ3) is 3.26. The summed E-state index contributed by atoms with van der Waals surface area (Å²) in [4.78, 5) is 39.1. The summed E-state index contributed by atoms with van der Waals surface area (Å²) in [6, 6.07) is 0. The first-order valence-corrected chi connectivity index (χ1v) is 7.67. The van der Waals surface area contributed by atoms with E-state index in [1.54, 1.807) is 20.8 Å². The molecule has 0 aromatic carbocycles. The van der Waals surface area contributed by atoms with E-state index in [2.05, 4.69) is 4.74 Å². The zero-order valence-corrected chi connectivity index (χ0v) is 14.0. The van der Waals surface area contributed by atoms with Crippen molar-refractivity contribution in [3.8, 4) is 0 Å². The molecule has 23 heavy (non-hydrogen) atoms. The minimum atomic E-state index is -1.13. The van der Waals surface area contributed by atoms with Crippen LogP contribution >= 0.6 is 0 Å². The molecule has 2 atom stereocenters. The third-order valence-electron chi connectivity index (χ3n) is 4.17. The lowest BCUT2D eigenvalue weighted by Crippen LogP contribution is -2.54. The van der Waals surface area contributed by atoms with E-state index in [-0.39, 0.29) is 13.0 Å². The van der Waals surface area contributed by atoms with Crippen molar-refractivity contribution < 1.29 is 29.0 Å². The van der Waals surface area contributed by atoms with Crippen LogP contribution < -0.4 is 0 Å². The van der Waals surface area contributed by atoms with Crippen LogP contribution in [0.3, 0.4) is 0 Å². The summed E-state index contributed by atoms with van der Waals surface area (Å²) in [5.74, 6) is -1.05. The summed E-state index contributed by atoms with van der Waals surface area (Å²) in [7, 11) is 1.22. The molecular formula is C15H24N2O6. The molecule has 2 aliphatic heterocycles. The number of esters is 1.